The quantitative estimate of drug-likeness (QED) is 0.237. The topological polar surface area (TPSA) is 112 Å². The van der Waals surface area contributed by atoms with Crippen LogP contribution in [0, 0.1) is 10.1 Å². The van der Waals surface area contributed by atoms with Crippen molar-refractivity contribution in [2.24, 2.45) is 7.05 Å². The van der Waals surface area contributed by atoms with Crippen LogP contribution in [0.5, 0.6) is 5.75 Å². The molecule has 0 aliphatic rings. The van der Waals surface area contributed by atoms with E-state index >= 15 is 0 Å². The molecule has 0 bridgehead atoms. The van der Waals surface area contributed by atoms with E-state index in [1.165, 1.54) is 31.0 Å². The number of nitro benzene ring substituents is 1. The number of carbonyl (C=O) groups is 1. The summed E-state index contributed by atoms with van der Waals surface area (Å²) in [5.41, 5.74) is 1.02. The number of nitro groups is 1. The normalized spacial score (nSPS) is 10.8. The first-order valence-electron chi connectivity index (χ1n) is 10.1. The summed E-state index contributed by atoms with van der Waals surface area (Å²) in [7, 11) is 3.28. The van der Waals surface area contributed by atoms with Gasteiger partial charge in [-0.25, -0.2) is 0 Å². The molecule has 4 aromatic rings. The molecule has 1 heterocycles. The summed E-state index contributed by atoms with van der Waals surface area (Å²) < 4.78 is 6.87. The fourth-order valence-electron chi connectivity index (χ4n) is 3.45. The predicted molar refractivity (Wildman–Crippen MR) is 127 cm³/mol. The van der Waals surface area contributed by atoms with Crippen LogP contribution >= 0.6 is 11.8 Å². The SMILES string of the molecule is COc1ccc(NC(=O)CSc2nnc(Cc3cccc4ccccc34)n2C)c([N+](=O)[O-])c1. The van der Waals surface area contributed by atoms with Crippen LogP contribution in [0.15, 0.2) is 65.8 Å². The van der Waals surface area contributed by atoms with E-state index < -0.39 is 4.92 Å². The minimum Gasteiger partial charge on any atom is -0.496 e. The van der Waals surface area contributed by atoms with E-state index in [0.717, 1.165) is 22.2 Å². The molecule has 0 unspecified atom stereocenters. The molecule has 0 spiro atoms. The van der Waals surface area contributed by atoms with Crippen LogP contribution in [0.25, 0.3) is 10.8 Å². The van der Waals surface area contributed by atoms with Crippen molar-refractivity contribution in [3.05, 3.63) is 82.2 Å². The summed E-state index contributed by atoms with van der Waals surface area (Å²) in [6.07, 6.45) is 0.607. The average Bonchev–Trinajstić information content (AvgIpc) is 3.17. The molecule has 3 aromatic carbocycles. The number of methoxy groups -OCH3 is 1. The lowest BCUT2D eigenvalue weighted by Crippen LogP contribution is -2.15. The van der Waals surface area contributed by atoms with Crippen molar-refractivity contribution in [3.63, 3.8) is 0 Å². The van der Waals surface area contributed by atoms with Gasteiger partial charge < -0.3 is 14.6 Å². The van der Waals surface area contributed by atoms with E-state index in [0.29, 0.717) is 17.3 Å². The Kier molecular flexibility index (Phi) is 6.55. The highest BCUT2D eigenvalue weighted by molar-refractivity contribution is 7.99. The molecule has 0 atom stereocenters. The maximum Gasteiger partial charge on any atom is 0.296 e. The standard InChI is InChI=1S/C23H21N5O4S/c1-27-21(12-16-8-5-7-15-6-3-4-9-18(15)16)25-26-23(27)33-14-22(29)24-19-11-10-17(32-2)13-20(19)28(30)31/h3-11,13H,12,14H2,1-2H3,(H,24,29). The van der Waals surface area contributed by atoms with Crippen molar-refractivity contribution in [2.45, 2.75) is 11.6 Å². The van der Waals surface area contributed by atoms with Gasteiger partial charge in [0.15, 0.2) is 5.16 Å². The Balaban J connectivity index is 1.43. The van der Waals surface area contributed by atoms with Gasteiger partial charge in [-0.2, -0.15) is 0 Å². The molecule has 0 saturated carbocycles. The number of carbonyl (C=O) groups excluding carboxylic acids is 1. The van der Waals surface area contributed by atoms with Crippen LogP contribution in [0.2, 0.25) is 0 Å². The highest BCUT2D eigenvalue weighted by Gasteiger charge is 2.18. The van der Waals surface area contributed by atoms with Gasteiger partial charge >= 0.3 is 0 Å². The van der Waals surface area contributed by atoms with Gasteiger partial charge in [0.25, 0.3) is 5.69 Å². The summed E-state index contributed by atoms with van der Waals surface area (Å²) >= 11 is 1.21. The fourth-order valence-corrected chi connectivity index (χ4v) is 4.18. The van der Waals surface area contributed by atoms with E-state index in [4.69, 9.17) is 4.74 Å². The average molecular weight is 464 g/mol. The molecule has 1 amide bonds. The number of nitrogens with zero attached hydrogens (tertiary/aromatic N) is 4. The second-order valence-corrected chi connectivity index (χ2v) is 8.19. The highest BCUT2D eigenvalue weighted by Crippen LogP contribution is 2.29. The number of rotatable bonds is 8. The Hall–Kier alpha value is -3.92. The molecule has 10 heteroatoms. The molecule has 0 radical (unpaired) electrons. The lowest BCUT2D eigenvalue weighted by molar-refractivity contribution is -0.384. The van der Waals surface area contributed by atoms with Crippen LogP contribution in [0.3, 0.4) is 0 Å². The molecule has 0 aliphatic heterocycles. The Morgan fingerprint density at radius 1 is 1.15 bits per heavy atom. The number of amides is 1. The third-order valence-corrected chi connectivity index (χ3v) is 6.18. The van der Waals surface area contributed by atoms with E-state index in [-0.39, 0.29) is 23.0 Å². The number of thioether (sulfide) groups is 1. The summed E-state index contributed by atoms with van der Waals surface area (Å²) in [5.74, 6) is 0.766. The second kappa shape index (κ2) is 9.70. The number of anilines is 1. The fraction of sp³-hybridized carbons (Fsp3) is 0.174. The van der Waals surface area contributed by atoms with E-state index in [9.17, 15) is 14.9 Å². The predicted octanol–water partition coefficient (Wildman–Crippen LogP) is 4.21. The summed E-state index contributed by atoms with van der Waals surface area (Å²) in [5, 5.41) is 25.3. The molecule has 168 valence electrons. The number of benzene rings is 3. The molecule has 1 aromatic heterocycles. The van der Waals surface area contributed by atoms with E-state index in [2.05, 4.69) is 39.8 Å². The number of aromatic nitrogens is 3. The molecular formula is C23H21N5O4S. The Morgan fingerprint density at radius 3 is 2.73 bits per heavy atom. The van der Waals surface area contributed by atoms with E-state index in [1.807, 2.05) is 29.8 Å². The first kappa shape index (κ1) is 22.3. The zero-order valence-corrected chi connectivity index (χ0v) is 18.8. The summed E-state index contributed by atoms with van der Waals surface area (Å²) in [6, 6.07) is 18.6. The number of hydrogen-bond donors (Lipinski definition) is 1. The van der Waals surface area contributed by atoms with Crippen molar-refractivity contribution in [2.75, 3.05) is 18.2 Å². The summed E-state index contributed by atoms with van der Waals surface area (Å²) in [4.78, 5) is 23.2. The summed E-state index contributed by atoms with van der Waals surface area (Å²) in [6.45, 7) is 0. The minimum absolute atomic E-state index is 0.0312. The number of hydrogen-bond acceptors (Lipinski definition) is 7. The third-order valence-electron chi connectivity index (χ3n) is 5.16. The van der Waals surface area contributed by atoms with E-state index in [1.54, 1.807) is 6.07 Å². The van der Waals surface area contributed by atoms with Gasteiger partial charge in [-0.05, 0) is 28.5 Å². The molecule has 0 aliphatic carbocycles. The largest absolute Gasteiger partial charge is 0.496 e. The zero-order valence-electron chi connectivity index (χ0n) is 18.0. The highest BCUT2D eigenvalue weighted by atomic mass is 32.2. The molecule has 1 N–H and O–H groups in total. The Morgan fingerprint density at radius 2 is 1.94 bits per heavy atom. The zero-order chi connectivity index (χ0) is 23.4. The van der Waals surface area contributed by atoms with Gasteiger partial charge in [-0.15, -0.1) is 10.2 Å². The van der Waals surface area contributed by atoms with Crippen molar-refractivity contribution < 1.29 is 14.5 Å². The van der Waals surface area contributed by atoms with Gasteiger partial charge in [0.05, 0.1) is 23.9 Å². The molecule has 0 saturated heterocycles. The monoisotopic (exact) mass is 463 g/mol. The van der Waals surface area contributed by atoms with Crippen molar-refractivity contribution in [1.29, 1.82) is 0 Å². The molecule has 9 nitrogen and oxygen atoms in total. The molecular weight excluding hydrogens is 442 g/mol. The van der Waals surface area contributed by atoms with Crippen LogP contribution in [0.4, 0.5) is 11.4 Å². The second-order valence-electron chi connectivity index (χ2n) is 7.25. The van der Waals surface area contributed by atoms with Gasteiger partial charge in [0.2, 0.25) is 5.91 Å². The third kappa shape index (κ3) is 4.96. The van der Waals surface area contributed by atoms with Crippen molar-refractivity contribution in [3.8, 4) is 5.75 Å². The van der Waals surface area contributed by atoms with Crippen LogP contribution in [-0.4, -0.2) is 38.5 Å². The molecule has 33 heavy (non-hydrogen) atoms. The lowest BCUT2D eigenvalue weighted by Gasteiger charge is -2.08. The number of nitrogens with one attached hydrogen (secondary N) is 1. The van der Waals surface area contributed by atoms with Crippen molar-refractivity contribution >= 4 is 39.8 Å². The number of ether oxygens (including phenoxy) is 1. The lowest BCUT2D eigenvalue weighted by atomic mass is 10.0. The molecule has 4 rings (SSSR count). The molecule has 0 fully saturated rings. The van der Waals surface area contributed by atoms with Gasteiger partial charge in [-0.3, -0.25) is 14.9 Å². The van der Waals surface area contributed by atoms with Gasteiger partial charge in [0, 0.05) is 13.5 Å². The van der Waals surface area contributed by atoms with Crippen LogP contribution in [-0.2, 0) is 18.3 Å². The minimum atomic E-state index is -0.562. The van der Waals surface area contributed by atoms with Gasteiger partial charge in [0.1, 0.15) is 17.3 Å². The van der Waals surface area contributed by atoms with Gasteiger partial charge in [-0.1, -0.05) is 54.2 Å². The Bertz CT molecular complexity index is 1330. The first-order valence-corrected chi connectivity index (χ1v) is 11.0. The smallest absolute Gasteiger partial charge is 0.296 e. The maximum absolute atomic E-state index is 12.4. The maximum atomic E-state index is 12.4. The Labute approximate surface area is 193 Å². The first-order chi connectivity index (χ1) is 16.0. The number of fused-ring (bicyclic) bond motifs is 1. The van der Waals surface area contributed by atoms with Crippen LogP contribution < -0.4 is 10.1 Å². The van der Waals surface area contributed by atoms with Crippen molar-refractivity contribution in [1.82, 2.24) is 14.8 Å². The van der Waals surface area contributed by atoms with Crippen LogP contribution in [0.1, 0.15) is 11.4 Å².